The van der Waals surface area contributed by atoms with Crippen LogP contribution < -0.4 is 5.32 Å². The van der Waals surface area contributed by atoms with E-state index in [2.05, 4.69) is 20.4 Å². The highest BCUT2D eigenvalue weighted by atomic mass is 16.5. The normalized spacial score (nSPS) is 13.7. The molecule has 0 saturated heterocycles. The number of aliphatic imine (C=N–C) groups is 1. The largest absolute Gasteiger partial charge is 0.368 e. The first kappa shape index (κ1) is 12.8. The van der Waals surface area contributed by atoms with Gasteiger partial charge in [0.05, 0.1) is 6.54 Å². The monoisotopic (exact) mass is 290 g/mol. The molecule has 2 aromatic carbocycles. The summed E-state index contributed by atoms with van der Waals surface area (Å²) < 4.78 is 5.34. The molecule has 3 aromatic rings. The van der Waals surface area contributed by atoms with Gasteiger partial charge in [-0.2, -0.15) is 4.98 Å². The zero-order valence-electron chi connectivity index (χ0n) is 11.9. The molecule has 108 valence electrons. The van der Waals surface area contributed by atoms with Gasteiger partial charge in [0.2, 0.25) is 5.82 Å². The average molecular weight is 290 g/mol. The van der Waals surface area contributed by atoms with Gasteiger partial charge in [-0.05, 0) is 12.1 Å². The van der Waals surface area contributed by atoms with E-state index >= 15 is 0 Å². The summed E-state index contributed by atoms with van der Waals surface area (Å²) in [5.74, 6) is 2.07. The Labute approximate surface area is 127 Å². The highest BCUT2D eigenvalue weighted by molar-refractivity contribution is 6.00. The molecule has 1 aliphatic rings. The first-order valence-corrected chi connectivity index (χ1v) is 7.18. The molecule has 0 aliphatic carbocycles. The summed E-state index contributed by atoms with van der Waals surface area (Å²) in [4.78, 5) is 8.86. The molecule has 0 atom stereocenters. The fraction of sp³-hybridized carbons (Fsp3) is 0.118. The van der Waals surface area contributed by atoms with Crippen LogP contribution in [0.5, 0.6) is 0 Å². The highest BCUT2D eigenvalue weighted by Gasteiger charge is 2.12. The second kappa shape index (κ2) is 5.44. The minimum atomic E-state index is 0.529. The van der Waals surface area contributed by atoms with Crippen LogP contribution in [-0.4, -0.2) is 29.1 Å². The maximum atomic E-state index is 5.34. The van der Waals surface area contributed by atoms with Gasteiger partial charge in [0.25, 0.3) is 5.89 Å². The quantitative estimate of drug-likeness (QED) is 0.805. The predicted octanol–water partition coefficient (Wildman–Crippen LogP) is 2.75. The summed E-state index contributed by atoms with van der Waals surface area (Å²) in [6, 6.07) is 17.8. The van der Waals surface area contributed by atoms with Gasteiger partial charge in [0.1, 0.15) is 5.84 Å². The maximum absolute atomic E-state index is 5.34. The van der Waals surface area contributed by atoms with Crippen LogP contribution in [0.15, 0.2) is 64.1 Å². The molecule has 0 fully saturated rings. The second-order valence-electron chi connectivity index (χ2n) is 5.02. The smallest absolute Gasteiger partial charge is 0.258 e. The molecule has 22 heavy (non-hydrogen) atoms. The summed E-state index contributed by atoms with van der Waals surface area (Å²) in [7, 11) is 0. The van der Waals surface area contributed by atoms with Gasteiger partial charge >= 0.3 is 0 Å². The third-order valence-electron chi connectivity index (χ3n) is 3.54. The van der Waals surface area contributed by atoms with Crippen molar-refractivity contribution in [2.45, 2.75) is 0 Å². The van der Waals surface area contributed by atoms with E-state index in [-0.39, 0.29) is 0 Å². The lowest BCUT2D eigenvalue weighted by atomic mass is 10.1. The van der Waals surface area contributed by atoms with Crippen LogP contribution in [-0.2, 0) is 0 Å². The van der Waals surface area contributed by atoms with Crippen LogP contribution in [0.1, 0.15) is 5.56 Å². The minimum absolute atomic E-state index is 0.529. The van der Waals surface area contributed by atoms with Crippen molar-refractivity contribution in [2.75, 3.05) is 13.1 Å². The van der Waals surface area contributed by atoms with E-state index in [0.717, 1.165) is 35.6 Å². The minimum Gasteiger partial charge on any atom is -0.368 e. The van der Waals surface area contributed by atoms with Crippen molar-refractivity contribution in [3.63, 3.8) is 0 Å². The summed E-state index contributed by atoms with van der Waals surface area (Å²) in [5.41, 5.74) is 2.92. The third kappa shape index (κ3) is 2.37. The molecule has 1 aromatic heterocycles. The summed E-state index contributed by atoms with van der Waals surface area (Å²) in [6.45, 7) is 1.74. The van der Waals surface area contributed by atoms with Crippen LogP contribution in [0.25, 0.3) is 22.8 Å². The molecule has 0 spiro atoms. The van der Waals surface area contributed by atoms with Crippen molar-refractivity contribution in [3.05, 3.63) is 60.2 Å². The SMILES string of the molecule is c1ccc(-c2nc(-c3ccc(C4=NCCN4)cc3)no2)cc1. The fourth-order valence-electron chi connectivity index (χ4n) is 2.41. The van der Waals surface area contributed by atoms with Crippen LogP contribution in [0, 0.1) is 0 Å². The van der Waals surface area contributed by atoms with Gasteiger partial charge in [-0.15, -0.1) is 0 Å². The standard InChI is InChI=1S/C17H14N4O/c1-2-4-14(5-3-1)17-20-16(21-22-17)13-8-6-12(7-9-13)15-18-10-11-19-15/h1-9H,10-11H2,(H,18,19). The van der Waals surface area contributed by atoms with Crippen molar-refractivity contribution in [1.29, 1.82) is 0 Å². The molecule has 0 amide bonds. The predicted molar refractivity (Wildman–Crippen MR) is 84.6 cm³/mol. The molecule has 2 heterocycles. The van der Waals surface area contributed by atoms with Crippen LogP contribution >= 0.6 is 0 Å². The molecular formula is C17H14N4O. The number of nitrogens with one attached hydrogen (secondary N) is 1. The maximum Gasteiger partial charge on any atom is 0.258 e. The van der Waals surface area contributed by atoms with Crippen molar-refractivity contribution < 1.29 is 4.52 Å². The number of benzene rings is 2. The van der Waals surface area contributed by atoms with Crippen molar-refractivity contribution in [1.82, 2.24) is 15.5 Å². The van der Waals surface area contributed by atoms with Gasteiger partial charge in [0.15, 0.2) is 0 Å². The summed E-state index contributed by atoms with van der Waals surface area (Å²) >= 11 is 0. The molecule has 0 unspecified atom stereocenters. The number of hydrogen-bond acceptors (Lipinski definition) is 5. The number of hydrogen-bond donors (Lipinski definition) is 1. The Hall–Kier alpha value is -2.95. The van der Waals surface area contributed by atoms with Crippen molar-refractivity contribution in [3.8, 4) is 22.8 Å². The first-order valence-electron chi connectivity index (χ1n) is 7.18. The Kier molecular flexibility index (Phi) is 3.16. The number of aromatic nitrogens is 2. The van der Waals surface area contributed by atoms with Gasteiger partial charge < -0.3 is 9.84 Å². The molecule has 1 aliphatic heterocycles. The lowest BCUT2D eigenvalue weighted by Crippen LogP contribution is -2.19. The van der Waals surface area contributed by atoms with E-state index in [1.54, 1.807) is 0 Å². The van der Waals surface area contributed by atoms with E-state index in [1.807, 2.05) is 54.6 Å². The lowest BCUT2D eigenvalue weighted by Gasteiger charge is -2.02. The van der Waals surface area contributed by atoms with Crippen molar-refractivity contribution in [2.24, 2.45) is 4.99 Å². The zero-order chi connectivity index (χ0) is 14.8. The Bertz CT molecular complexity index is 806. The van der Waals surface area contributed by atoms with Crippen LogP contribution in [0.3, 0.4) is 0 Å². The number of amidine groups is 1. The Balaban J connectivity index is 1.61. The average Bonchev–Trinajstić information content (AvgIpc) is 3.28. The molecule has 4 rings (SSSR count). The Morgan fingerprint density at radius 3 is 2.36 bits per heavy atom. The van der Waals surface area contributed by atoms with E-state index in [4.69, 9.17) is 4.52 Å². The fourth-order valence-corrected chi connectivity index (χ4v) is 2.41. The third-order valence-corrected chi connectivity index (χ3v) is 3.54. The van der Waals surface area contributed by atoms with E-state index < -0.39 is 0 Å². The topological polar surface area (TPSA) is 63.3 Å². The van der Waals surface area contributed by atoms with E-state index in [9.17, 15) is 0 Å². The number of nitrogens with zero attached hydrogens (tertiary/aromatic N) is 3. The summed E-state index contributed by atoms with van der Waals surface area (Å²) in [6.07, 6.45) is 0. The molecule has 1 N–H and O–H groups in total. The molecule has 0 bridgehead atoms. The van der Waals surface area contributed by atoms with E-state index in [1.165, 1.54) is 0 Å². The van der Waals surface area contributed by atoms with Gasteiger partial charge in [-0.25, -0.2) is 0 Å². The van der Waals surface area contributed by atoms with Gasteiger partial charge in [0, 0.05) is 23.2 Å². The van der Waals surface area contributed by atoms with E-state index in [0.29, 0.717) is 11.7 Å². The molecule has 5 nitrogen and oxygen atoms in total. The van der Waals surface area contributed by atoms with Crippen LogP contribution in [0.2, 0.25) is 0 Å². The molecular weight excluding hydrogens is 276 g/mol. The Morgan fingerprint density at radius 2 is 1.64 bits per heavy atom. The van der Waals surface area contributed by atoms with Crippen molar-refractivity contribution >= 4 is 5.84 Å². The zero-order valence-corrected chi connectivity index (χ0v) is 11.9. The molecule has 0 radical (unpaired) electrons. The number of rotatable bonds is 3. The Morgan fingerprint density at radius 1 is 0.864 bits per heavy atom. The molecule has 0 saturated carbocycles. The lowest BCUT2D eigenvalue weighted by molar-refractivity contribution is 0.432. The second-order valence-corrected chi connectivity index (χ2v) is 5.02. The van der Waals surface area contributed by atoms with Gasteiger partial charge in [-0.3, -0.25) is 4.99 Å². The molecule has 5 heteroatoms. The first-order chi connectivity index (χ1) is 10.9. The van der Waals surface area contributed by atoms with Gasteiger partial charge in [-0.1, -0.05) is 47.6 Å². The highest BCUT2D eigenvalue weighted by Crippen LogP contribution is 2.22. The summed E-state index contributed by atoms with van der Waals surface area (Å²) in [5, 5.41) is 7.32. The van der Waals surface area contributed by atoms with Crippen LogP contribution in [0.4, 0.5) is 0 Å².